The van der Waals surface area contributed by atoms with Gasteiger partial charge >= 0.3 is 16.2 Å². The lowest BCUT2D eigenvalue weighted by Crippen LogP contribution is -2.34. The van der Waals surface area contributed by atoms with Crippen molar-refractivity contribution < 1.29 is 18.3 Å². The second-order valence-electron chi connectivity index (χ2n) is 4.45. The van der Waals surface area contributed by atoms with Crippen LogP contribution in [0.4, 0.5) is 5.69 Å². The molecule has 0 aliphatic heterocycles. The van der Waals surface area contributed by atoms with Gasteiger partial charge in [0, 0.05) is 25.2 Å². The number of anilines is 1. The highest BCUT2D eigenvalue weighted by atomic mass is 32.2. The van der Waals surface area contributed by atoms with Gasteiger partial charge in [0.25, 0.3) is 0 Å². The quantitative estimate of drug-likeness (QED) is 0.838. The highest BCUT2D eigenvalue weighted by molar-refractivity contribution is 7.90. The van der Waals surface area contributed by atoms with Crippen molar-refractivity contribution >= 4 is 32.8 Å². The van der Waals surface area contributed by atoms with Crippen molar-refractivity contribution in [2.45, 2.75) is 6.42 Å². The fraction of sp³-hybridized carbons (Fsp3) is 0.231. The molecular weight excluding hydrogens is 294 g/mol. The standard InChI is InChI=1S/C13H15N3O4S/c1-16(9-7-13(17)18)21(19,20)15-12-6-2-5-11-10(12)4-3-8-14-11/h2-6,8,15H,7,9H2,1H3,(H,17,18). The van der Waals surface area contributed by atoms with Crippen LogP contribution >= 0.6 is 0 Å². The lowest BCUT2D eigenvalue weighted by Gasteiger charge is -2.18. The average molecular weight is 309 g/mol. The SMILES string of the molecule is CN(CCC(=O)O)S(=O)(=O)Nc1cccc2ncccc12. The summed E-state index contributed by atoms with van der Waals surface area (Å²) in [6, 6.07) is 8.59. The van der Waals surface area contributed by atoms with Crippen LogP contribution in [0.1, 0.15) is 6.42 Å². The molecule has 1 aromatic carbocycles. The number of carboxylic acid groups (broad SMARTS) is 1. The second kappa shape index (κ2) is 6.06. The van der Waals surface area contributed by atoms with E-state index in [-0.39, 0.29) is 13.0 Å². The van der Waals surface area contributed by atoms with Gasteiger partial charge in [0.1, 0.15) is 0 Å². The van der Waals surface area contributed by atoms with Crippen LogP contribution in [0, 0.1) is 0 Å². The highest BCUT2D eigenvalue weighted by Gasteiger charge is 2.19. The largest absolute Gasteiger partial charge is 0.481 e. The molecule has 0 aliphatic rings. The van der Waals surface area contributed by atoms with Gasteiger partial charge < -0.3 is 5.11 Å². The summed E-state index contributed by atoms with van der Waals surface area (Å²) in [4.78, 5) is 14.7. The first-order valence-corrected chi connectivity index (χ1v) is 7.64. The molecule has 21 heavy (non-hydrogen) atoms. The number of rotatable bonds is 6. The molecule has 0 saturated heterocycles. The van der Waals surface area contributed by atoms with E-state index in [1.807, 2.05) is 0 Å². The Morgan fingerprint density at radius 2 is 2.10 bits per heavy atom. The van der Waals surface area contributed by atoms with E-state index in [4.69, 9.17) is 5.11 Å². The van der Waals surface area contributed by atoms with E-state index in [0.29, 0.717) is 16.6 Å². The smallest absolute Gasteiger partial charge is 0.304 e. The number of benzene rings is 1. The maximum absolute atomic E-state index is 12.2. The number of pyridine rings is 1. The predicted molar refractivity (Wildman–Crippen MR) is 79.2 cm³/mol. The van der Waals surface area contributed by atoms with Gasteiger partial charge in [-0.15, -0.1) is 0 Å². The molecule has 112 valence electrons. The molecule has 2 aromatic rings. The third kappa shape index (κ3) is 3.67. The minimum atomic E-state index is -3.81. The van der Waals surface area contributed by atoms with Gasteiger partial charge in [-0.25, -0.2) is 0 Å². The van der Waals surface area contributed by atoms with Crippen LogP contribution in [0.3, 0.4) is 0 Å². The van der Waals surface area contributed by atoms with Crippen molar-refractivity contribution in [2.75, 3.05) is 18.3 Å². The molecule has 8 heteroatoms. The number of nitrogens with zero attached hydrogens (tertiary/aromatic N) is 2. The first-order chi connectivity index (χ1) is 9.90. The lowest BCUT2D eigenvalue weighted by molar-refractivity contribution is -0.137. The van der Waals surface area contributed by atoms with Crippen molar-refractivity contribution in [3.05, 3.63) is 36.5 Å². The topological polar surface area (TPSA) is 99.6 Å². The zero-order valence-corrected chi connectivity index (χ0v) is 12.2. The van der Waals surface area contributed by atoms with Gasteiger partial charge in [-0.1, -0.05) is 6.07 Å². The Hall–Kier alpha value is -2.19. The minimum absolute atomic E-state index is 0.103. The molecule has 0 atom stereocenters. The highest BCUT2D eigenvalue weighted by Crippen LogP contribution is 2.22. The summed E-state index contributed by atoms with van der Waals surface area (Å²) in [5.41, 5.74) is 1.08. The van der Waals surface area contributed by atoms with Gasteiger partial charge in [-0.3, -0.25) is 14.5 Å². The van der Waals surface area contributed by atoms with Crippen molar-refractivity contribution in [2.24, 2.45) is 0 Å². The first-order valence-electron chi connectivity index (χ1n) is 6.20. The Morgan fingerprint density at radius 3 is 2.81 bits per heavy atom. The second-order valence-corrected chi connectivity index (χ2v) is 6.23. The number of carbonyl (C=O) groups is 1. The number of carboxylic acids is 1. The molecule has 0 saturated carbocycles. The Morgan fingerprint density at radius 1 is 1.33 bits per heavy atom. The Kier molecular flexibility index (Phi) is 4.39. The number of aromatic nitrogens is 1. The zero-order valence-electron chi connectivity index (χ0n) is 11.4. The summed E-state index contributed by atoms with van der Waals surface area (Å²) in [6.07, 6.45) is 1.37. The van der Waals surface area contributed by atoms with Crippen molar-refractivity contribution in [1.29, 1.82) is 0 Å². The van der Waals surface area contributed by atoms with Crippen LogP contribution < -0.4 is 4.72 Å². The van der Waals surface area contributed by atoms with Gasteiger partial charge in [0.2, 0.25) is 0 Å². The van der Waals surface area contributed by atoms with Gasteiger partial charge in [-0.2, -0.15) is 12.7 Å². The van der Waals surface area contributed by atoms with Gasteiger partial charge in [0.15, 0.2) is 0 Å². The fourth-order valence-corrected chi connectivity index (χ4v) is 2.73. The number of nitrogens with one attached hydrogen (secondary N) is 1. The molecule has 0 unspecified atom stereocenters. The Labute approximate surface area is 122 Å². The molecule has 0 bridgehead atoms. The molecule has 0 spiro atoms. The van der Waals surface area contributed by atoms with Crippen LogP contribution in [-0.2, 0) is 15.0 Å². The van der Waals surface area contributed by atoms with E-state index in [1.165, 1.54) is 7.05 Å². The maximum atomic E-state index is 12.2. The van der Waals surface area contributed by atoms with Crippen LogP contribution in [0.5, 0.6) is 0 Å². The molecule has 2 rings (SSSR count). The zero-order chi connectivity index (χ0) is 15.5. The summed E-state index contributed by atoms with van der Waals surface area (Å²) in [6.45, 7) is -0.103. The van der Waals surface area contributed by atoms with Gasteiger partial charge in [-0.05, 0) is 24.3 Å². The van der Waals surface area contributed by atoms with Crippen LogP contribution in [0.25, 0.3) is 10.9 Å². The van der Waals surface area contributed by atoms with Crippen molar-refractivity contribution in [3.8, 4) is 0 Å². The Balaban J connectivity index is 2.24. The monoisotopic (exact) mass is 309 g/mol. The van der Waals surface area contributed by atoms with Crippen molar-refractivity contribution in [1.82, 2.24) is 9.29 Å². The summed E-state index contributed by atoms with van der Waals surface area (Å²) >= 11 is 0. The van der Waals surface area contributed by atoms with E-state index in [2.05, 4.69) is 9.71 Å². The first kappa shape index (κ1) is 15.2. The predicted octanol–water partition coefficient (Wildman–Crippen LogP) is 1.30. The van der Waals surface area contributed by atoms with E-state index in [9.17, 15) is 13.2 Å². The fourth-order valence-electron chi connectivity index (χ4n) is 1.78. The summed E-state index contributed by atoms with van der Waals surface area (Å²) in [7, 11) is -2.48. The van der Waals surface area contributed by atoms with Gasteiger partial charge in [0.05, 0.1) is 17.6 Å². The molecule has 0 fully saturated rings. The number of hydrogen-bond donors (Lipinski definition) is 2. The molecule has 0 amide bonds. The molecule has 7 nitrogen and oxygen atoms in total. The van der Waals surface area contributed by atoms with E-state index < -0.39 is 16.2 Å². The van der Waals surface area contributed by atoms with Crippen LogP contribution in [-0.4, -0.2) is 42.4 Å². The molecular formula is C13H15N3O4S. The minimum Gasteiger partial charge on any atom is -0.481 e. The van der Waals surface area contributed by atoms with E-state index >= 15 is 0 Å². The van der Waals surface area contributed by atoms with Crippen molar-refractivity contribution in [3.63, 3.8) is 0 Å². The third-order valence-corrected chi connectivity index (χ3v) is 4.42. The number of aliphatic carboxylic acids is 1. The Bertz CT molecular complexity index is 756. The molecule has 0 radical (unpaired) electrons. The van der Waals surface area contributed by atoms with Crippen LogP contribution in [0.15, 0.2) is 36.5 Å². The molecule has 2 N–H and O–H groups in total. The maximum Gasteiger partial charge on any atom is 0.304 e. The summed E-state index contributed by atoms with van der Waals surface area (Å²) in [5, 5.41) is 9.29. The lowest BCUT2D eigenvalue weighted by atomic mass is 10.2. The van der Waals surface area contributed by atoms with Crippen LogP contribution in [0.2, 0.25) is 0 Å². The molecule has 1 heterocycles. The number of fused-ring (bicyclic) bond motifs is 1. The molecule has 1 aromatic heterocycles. The summed E-state index contributed by atoms with van der Waals surface area (Å²) in [5.74, 6) is -1.05. The normalized spacial score (nSPS) is 11.7. The van der Waals surface area contributed by atoms with E-state index in [0.717, 1.165) is 4.31 Å². The average Bonchev–Trinajstić information content (AvgIpc) is 2.44. The third-order valence-electron chi connectivity index (χ3n) is 2.94. The number of hydrogen-bond acceptors (Lipinski definition) is 4. The van der Waals surface area contributed by atoms with E-state index in [1.54, 1.807) is 36.5 Å². The summed E-state index contributed by atoms with van der Waals surface area (Å²) < 4.78 is 27.7. The molecule has 0 aliphatic carbocycles.